The second-order valence-electron chi connectivity index (χ2n) is 4.51. The Morgan fingerprint density at radius 1 is 1.65 bits per heavy atom. The lowest BCUT2D eigenvalue weighted by molar-refractivity contribution is 0.392. The lowest BCUT2D eigenvalue weighted by Crippen LogP contribution is -2.18. The molecule has 0 aliphatic heterocycles. The molecule has 2 atom stereocenters. The highest BCUT2D eigenvalue weighted by Gasteiger charge is 2.34. The molecule has 2 unspecified atom stereocenters. The first kappa shape index (κ1) is 11.0. The fraction of sp³-hybridized carbons (Fsp3) is 0.583. The summed E-state index contributed by atoms with van der Waals surface area (Å²) in [5.41, 5.74) is 1.13. The third-order valence-electron chi connectivity index (χ3n) is 3.50. The Labute approximate surface area is 105 Å². The number of ether oxygens (including phenoxy) is 1. The minimum absolute atomic E-state index is 0.689. The molecule has 92 valence electrons. The number of nitrogens with zero attached hydrogens (tertiary/aromatic N) is 2. The molecular formula is C12H17N3OS. The van der Waals surface area contributed by atoms with Crippen molar-refractivity contribution in [2.45, 2.75) is 32.4 Å². The molecule has 1 fully saturated rings. The monoisotopic (exact) mass is 251 g/mol. The largest absolute Gasteiger partial charge is 0.480 e. The van der Waals surface area contributed by atoms with Crippen LogP contribution in [0.2, 0.25) is 0 Å². The van der Waals surface area contributed by atoms with Gasteiger partial charge in [-0.1, -0.05) is 13.3 Å². The van der Waals surface area contributed by atoms with Crippen LogP contribution in [0.5, 0.6) is 5.88 Å². The van der Waals surface area contributed by atoms with Crippen LogP contribution in [0.4, 0.5) is 0 Å². The molecule has 2 aromatic heterocycles. The first-order valence-electron chi connectivity index (χ1n) is 6.05. The van der Waals surface area contributed by atoms with Crippen molar-refractivity contribution < 1.29 is 4.74 Å². The van der Waals surface area contributed by atoms with E-state index in [9.17, 15) is 0 Å². The Balaban J connectivity index is 1.76. The fourth-order valence-electron chi connectivity index (χ4n) is 2.31. The van der Waals surface area contributed by atoms with Crippen molar-refractivity contribution in [1.82, 2.24) is 14.7 Å². The number of thiazole rings is 1. The van der Waals surface area contributed by atoms with Crippen molar-refractivity contribution in [2.24, 2.45) is 5.92 Å². The van der Waals surface area contributed by atoms with E-state index in [1.54, 1.807) is 18.4 Å². The number of hydrogen-bond acceptors (Lipinski definition) is 4. The highest BCUT2D eigenvalue weighted by atomic mass is 32.1. The van der Waals surface area contributed by atoms with Gasteiger partial charge in [0.1, 0.15) is 5.69 Å². The van der Waals surface area contributed by atoms with Gasteiger partial charge in [0, 0.05) is 24.2 Å². The van der Waals surface area contributed by atoms with Crippen molar-refractivity contribution in [2.75, 3.05) is 7.11 Å². The zero-order valence-electron chi connectivity index (χ0n) is 10.1. The number of hydrogen-bond donors (Lipinski definition) is 1. The van der Waals surface area contributed by atoms with E-state index in [2.05, 4.69) is 33.2 Å². The zero-order chi connectivity index (χ0) is 11.8. The van der Waals surface area contributed by atoms with Crippen LogP contribution in [0.1, 0.15) is 25.5 Å². The number of rotatable bonds is 5. The summed E-state index contributed by atoms with van der Waals surface area (Å²) in [6.07, 6.45) is 4.64. The zero-order valence-corrected chi connectivity index (χ0v) is 11.0. The lowest BCUT2D eigenvalue weighted by atomic mass is 10.3. The SMILES string of the molecule is CCC1CC1NCc1c(OC)nc2sccn12. The molecular weight excluding hydrogens is 234 g/mol. The molecule has 5 heteroatoms. The number of fused-ring (bicyclic) bond motifs is 1. The minimum Gasteiger partial charge on any atom is -0.480 e. The Morgan fingerprint density at radius 2 is 2.53 bits per heavy atom. The van der Waals surface area contributed by atoms with E-state index >= 15 is 0 Å². The second kappa shape index (κ2) is 4.31. The molecule has 0 spiro atoms. The van der Waals surface area contributed by atoms with Crippen molar-refractivity contribution in [3.8, 4) is 5.88 Å². The number of nitrogens with one attached hydrogen (secondary N) is 1. The summed E-state index contributed by atoms with van der Waals surface area (Å²) in [7, 11) is 1.68. The van der Waals surface area contributed by atoms with Gasteiger partial charge in [0.05, 0.1) is 7.11 Å². The Kier molecular flexibility index (Phi) is 2.80. The maximum atomic E-state index is 5.33. The summed E-state index contributed by atoms with van der Waals surface area (Å²) in [5.74, 6) is 1.62. The van der Waals surface area contributed by atoms with Crippen molar-refractivity contribution in [3.05, 3.63) is 17.3 Å². The maximum absolute atomic E-state index is 5.33. The second-order valence-corrected chi connectivity index (χ2v) is 5.39. The first-order valence-corrected chi connectivity index (χ1v) is 6.93. The van der Waals surface area contributed by atoms with Gasteiger partial charge in [0.25, 0.3) is 0 Å². The molecule has 0 radical (unpaired) electrons. The standard InChI is InChI=1S/C12H17N3OS/c1-3-8-6-9(8)13-7-10-11(16-2)14-12-15(10)4-5-17-12/h4-5,8-9,13H,3,6-7H2,1-2H3. The maximum Gasteiger partial charge on any atom is 0.237 e. The van der Waals surface area contributed by atoms with Crippen LogP contribution in [-0.2, 0) is 6.54 Å². The molecule has 2 aromatic rings. The summed E-state index contributed by atoms with van der Waals surface area (Å²) in [4.78, 5) is 5.45. The van der Waals surface area contributed by atoms with Crippen LogP contribution < -0.4 is 10.1 Å². The van der Waals surface area contributed by atoms with Gasteiger partial charge >= 0.3 is 0 Å². The van der Waals surface area contributed by atoms with E-state index < -0.39 is 0 Å². The predicted molar refractivity (Wildman–Crippen MR) is 68.6 cm³/mol. The van der Waals surface area contributed by atoms with E-state index in [0.29, 0.717) is 6.04 Å². The third kappa shape index (κ3) is 1.93. The first-order chi connectivity index (χ1) is 8.33. The van der Waals surface area contributed by atoms with Crippen LogP contribution in [-0.4, -0.2) is 22.5 Å². The molecule has 1 aliphatic rings. The molecule has 2 heterocycles. The Hall–Kier alpha value is -1.07. The molecule has 1 saturated carbocycles. The quantitative estimate of drug-likeness (QED) is 0.886. The molecule has 3 rings (SSSR count). The molecule has 0 saturated heterocycles. The average Bonchev–Trinajstić information content (AvgIpc) is 2.80. The van der Waals surface area contributed by atoms with Gasteiger partial charge in [0.15, 0.2) is 4.96 Å². The van der Waals surface area contributed by atoms with Gasteiger partial charge in [-0.15, -0.1) is 11.3 Å². The number of imidazole rings is 1. The molecule has 0 aromatic carbocycles. The molecule has 17 heavy (non-hydrogen) atoms. The number of aromatic nitrogens is 2. The summed E-state index contributed by atoms with van der Waals surface area (Å²) in [6, 6.07) is 0.689. The van der Waals surface area contributed by atoms with E-state index in [-0.39, 0.29) is 0 Å². The van der Waals surface area contributed by atoms with Crippen molar-refractivity contribution in [1.29, 1.82) is 0 Å². The highest BCUT2D eigenvalue weighted by Crippen LogP contribution is 2.34. The molecule has 0 bridgehead atoms. The lowest BCUT2D eigenvalue weighted by Gasteiger charge is -2.04. The predicted octanol–water partition coefficient (Wildman–Crippen LogP) is 2.29. The van der Waals surface area contributed by atoms with E-state index in [1.165, 1.54) is 12.8 Å². The molecule has 0 amide bonds. The van der Waals surface area contributed by atoms with Gasteiger partial charge in [-0.25, -0.2) is 0 Å². The van der Waals surface area contributed by atoms with Crippen LogP contribution in [0.15, 0.2) is 11.6 Å². The van der Waals surface area contributed by atoms with E-state index in [4.69, 9.17) is 4.74 Å². The number of methoxy groups -OCH3 is 1. The normalized spacial score (nSPS) is 23.2. The topological polar surface area (TPSA) is 38.6 Å². The summed E-state index contributed by atoms with van der Waals surface area (Å²) in [5, 5.41) is 5.63. The van der Waals surface area contributed by atoms with Crippen LogP contribution in [0, 0.1) is 5.92 Å². The molecule has 1 N–H and O–H groups in total. The van der Waals surface area contributed by atoms with Crippen LogP contribution >= 0.6 is 11.3 Å². The smallest absolute Gasteiger partial charge is 0.237 e. The summed E-state index contributed by atoms with van der Waals surface area (Å²) in [6.45, 7) is 3.09. The highest BCUT2D eigenvalue weighted by molar-refractivity contribution is 7.15. The fourth-order valence-corrected chi connectivity index (χ4v) is 3.04. The summed E-state index contributed by atoms with van der Waals surface area (Å²) >= 11 is 1.64. The van der Waals surface area contributed by atoms with Crippen LogP contribution in [0.3, 0.4) is 0 Å². The van der Waals surface area contributed by atoms with Crippen LogP contribution in [0.25, 0.3) is 4.96 Å². The van der Waals surface area contributed by atoms with Gasteiger partial charge in [-0.05, 0) is 12.3 Å². The Morgan fingerprint density at radius 3 is 3.24 bits per heavy atom. The van der Waals surface area contributed by atoms with Crippen molar-refractivity contribution in [3.63, 3.8) is 0 Å². The molecule has 4 nitrogen and oxygen atoms in total. The van der Waals surface area contributed by atoms with Gasteiger partial charge in [-0.2, -0.15) is 4.98 Å². The third-order valence-corrected chi connectivity index (χ3v) is 4.25. The van der Waals surface area contributed by atoms with E-state index in [0.717, 1.165) is 29.0 Å². The van der Waals surface area contributed by atoms with Gasteiger partial charge in [-0.3, -0.25) is 4.40 Å². The molecule has 1 aliphatic carbocycles. The van der Waals surface area contributed by atoms with Gasteiger partial charge < -0.3 is 10.1 Å². The van der Waals surface area contributed by atoms with Gasteiger partial charge in [0.2, 0.25) is 5.88 Å². The summed E-state index contributed by atoms with van der Waals surface area (Å²) < 4.78 is 7.44. The van der Waals surface area contributed by atoms with Crippen molar-refractivity contribution >= 4 is 16.3 Å². The van der Waals surface area contributed by atoms with E-state index in [1.807, 2.05) is 0 Å². The minimum atomic E-state index is 0.689. The average molecular weight is 251 g/mol. The Bertz CT molecular complexity index is 519.